The van der Waals surface area contributed by atoms with Crippen molar-refractivity contribution in [1.29, 1.82) is 5.26 Å². The molecule has 4 rings (SSSR count). The van der Waals surface area contributed by atoms with E-state index in [0.29, 0.717) is 6.04 Å². The van der Waals surface area contributed by atoms with Crippen molar-refractivity contribution < 1.29 is 4.79 Å². The van der Waals surface area contributed by atoms with Gasteiger partial charge >= 0.3 is 0 Å². The number of fused-ring (bicyclic) bond motifs is 1. The Hall–Kier alpha value is -2.79. The van der Waals surface area contributed by atoms with Crippen molar-refractivity contribution in [1.82, 2.24) is 25.1 Å². The molecule has 2 aromatic heterocycles. The highest BCUT2D eigenvalue weighted by molar-refractivity contribution is 7.99. The van der Waals surface area contributed by atoms with Gasteiger partial charge in [0.15, 0.2) is 11.0 Å². The maximum Gasteiger partial charge on any atom is 0.231 e. The third-order valence-corrected chi connectivity index (χ3v) is 6.47. The molecule has 2 N–H and O–H groups in total. The molecule has 1 unspecified atom stereocenters. The summed E-state index contributed by atoms with van der Waals surface area (Å²) in [7, 11) is 0. The second-order valence-electron chi connectivity index (χ2n) is 7.96. The van der Waals surface area contributed by atoms with Crippen LogP contribution >= 0.6 is 11.8 Å². The number of hydrogen-bond donors (Lipinski definition) is 2. The number of aromatic amines is 1. The average molecular weight is 409 g/mol. The molecule has 1 saturated carbocycles. The first-order chi connectivity index (χ1) is 13.9. The van der Waals surface area contributed by atoms with Gasteiger partial charge in [0.25, 0.3) is 0 Å². The summed E-state index contributed by atoms with van der Waals surface area (Å²) in [6.45, 7) is 5.60. The van der Waals surface area contributed by atoms with Crippen LogP contribution in [-0.4, -0.2) is 36.9 Å². The summed E-state index contributed by atoms with van der Waals surface area (Å²) in [5, 5.41) is 22.9. The lowest BCUT2D eigenvalue weighted by Crippen LogP contribution is -2.49. The van der Waals surface area contributed by atoms with Gasteiger partial charge in [0.2, 0.25) is 5.91 Å². The third-order valence-electron chi connectivity index (χ3n) is 5.53. The zero-order valence-electron chi connectivity index (χ0n) is 16.8. The van der Waals surface area contributed by atoms with E-state index in [0.717, 1.165) is 40.3 Å². The lowest BCUT2D eigenvalue weighted by atomic mass is 9.90. The number of thioether (sulfide) groups is 1. The van der Waals surface area contributed by atoms with Crippen LogP contribution in [0.3, 0.4) is 0 Å². The number of hydrogen-bond acceptors (Lipinski definition) is 5. The predicted molar refractivity (Wildman–Crippen MR) is 113 cm³/mol. The molecule has 150 valence electrons. The molecule has 1 aliphatic rings. The van der Waals surface area contributed by atoms with Crippen molar-refractivity contribution in [3.63, 3.8) is 0 Å². The van der Waals surface area contributed by atoms with E-state index >= 15 is 0 Å². The second-order valence-corrected chi connectivity index (χ2v) is 8.90. The Morgan fingerprint density at radius 2 is 2.17 bits per heavy atom. The number of para-hydroxylation sites is 1. The first-order valence-corrected chi connectivity index (χ1v) is 10.8. The monoisotopic (exact) mass is 408 g/mol. The fraction of sp³-hybridized carbons (Fsp3) is 0.429. The molecule has 1 amide bonds. The maximum atomic E-state index is 12.5. The van der Waals surface area contributed by atoms with Crippen molar-refractivity contribution in [2.45, 2.75) is 50.4 Å². The standard InChI is InChI=1S/C21H24N6OS/c1-13(2)21(3,12-22)24-18(28)11-29-20-26-25-19(27(20)14-8-9-14)16-10-23-17-7-5-4-6-15(16)17/h4-7,10,13-14,23H,8-9,11H2,1-3H3,(H,24,28). The molecular weight excluding hydrogens is 384 g/mol. The Labute approximate surface area is 173 Å². The van der Waals surface area contributed by atoms with Gasteiger partial charge in [-0.05, 0) is 31.7 Å². The molecule has 2 heterocycles. The fourth-order valence-electron chi connectivity index (χ4n) is 3.23. The Morgan fingerprint density at radius 1 is 1.41 bits per heavy atom. The van der Waals surface area contributed by atoms with E-state index in [4.69, 9.17) is 0 Å². The molecule has 0 radical (unpaired) electrons. The normalized spacial score (nSPS) is 16.0. The quantitative estimate of drug-likeness (QED) is 0.578. The van der Waals surface area contributed by atoms with Crippen LogP contribution in [0.1, 0.15) is 39.7 Å². The smallest absolute Gasteiger partial charge is 0.231 e. The van der Waals surface area contributed by atoms with Gasteiger partial charge in [-0.2, -0.15) is 5.26 Å². The largest absolute Gasteiger partial charge is 0.360 e. The molecule has 1 aromatic carbocycles. The second kappa shape index (κ2) is 7.56. The van der Waals surface area contributed by atoms with Crippen molar-refractivity contribution in [3.05, 3.63) is 30.5 Å². The topological polar surface area (TPSA) is 99.4 Å². The van der Waals surface area contributed by atoms with Gasteiger partial charge in [-0.25, -0.2) is 0 Å². The molecular formula is C21H24N6OS. The molecule has 0 spiro atoms. The first kappa shape index (κ1) is 19.5. The van der Waals surface area contributed by atoms with Crippen LogP contribution in [0.2, 0.25) is 0 Å². The zero-order valence-corrected chi connectivity index (χ0v) is 17.6. The van der Waals surface area contributed by atoms with E-state index < -0.39 is 5.54 Å². The summed E-state index contributed by atoms with van der Waals surface area (Å²) < 4.78 is 2.15. The van der Waals surface area contributed by atoms with Crippen molar-refractivity contribution in [2.75, 3.05) is 5.75 Å². The highest BCUT2D eigenvalue weighted by Crippen LogP contribution is 2.42. The van der Waals surface area contributed by atoms with Gasteiger partial charge in [0.05, 0.1) is 11.8 Å². The molecule has 3 aromatic rings. The summed E-state index contributed by atoms with van der Waals surface area (Å²) in [5.74, 6) is 0.872. The van der Waals surface area contributed by atoms with Gasteiger partial charge in [-0.1, -0.05) is 43.8 Å². The summed E-state index contributed by atoms with van der Waals surface area (Å²) in [5.41, 5.74) is 1.20. The van der Waals surface area contributed by atoms with E-state index in [1.807, 2.05) is 38.2 Å². The molecule has 0 aliphatic heterocycles. The number of benzene rings is 1. The molecule has 1 aliphatic carbocycles. The molecule has 0 bridgehead atoms. The van der Waals surface area contributed by atoms with Crippen molar-refractivity contribution in [2.24, 2.45) is 5.92 Å². The summed E-state index contributed by atoms with van der Waals surface area (Å²) in [6, 6.07) is 10.7. The minimum absolute atomic E-state index is 0.0186. The predicted octanol–water partition coefficient (Wildman–Crippen LogP) is 3.91. The van der Waals surface area contributed by atoms with E-state index in [2.05, 4.69) is 37.2 Å². The molecule has 1 fully saturated rings. The Balaban J connectivity index is 1.56. The van der Waals surface area contributed by atoms with Gasteiger partial charge in [0, 0.05) is 28.7 Å². The van der Waals surface area contributed by atoms with Gasteiger partial charge in [0.1, 0.15) is 5.54 Å². The van der Waals surface area contributed by atoms with Gasteiger partial charge in [-0.15, -0.1) is 10.2 Å². The highest BCUT2D eigenvalue weighted by atomic mass is 32.2. The van der Waals surface area contributed by atoms with Gasteiger partial charge in [-0.3, -0.25) is 9.36 Å². The highest BCUT2D eigenvalue weighted by Gasteiger charge is 2.32. The Bertz CT molecular complexity index is 1090. The Morgan fingerprint density at radius 3 is 2.86 bits per heavy atom. The number of amides is 1. The summed E-state index contributed by atoms with van der Waals surface area (Å²) in [6.07, 6.45) is 4.15. The third kappa shape index (κ3) is 3.75. The number of nitriles is 1. The van der Waals surface area contributed by atoms with Crippen molar-refractivity contribution >= 4 is 28.6 Å². The van der Waals surface area contributed by atoms with Crippen LogP contribution in [0, 0.1) is 17.2 Å². The lowest BCUT2D eigenvalue weighted by Gasteiger charge is -2.27. The number of aromatic nitrogens is 4. The number of carbonyl (C=O) groups excluding carboxylic acids is 1. The number of H-pyrrole nitrogens is 1. The van der Waals surface area contributed by atoms with E-state index in [1.54, 1.807) is 6.92 Å². The van der Waals surface area contributed by atoms with Crippen LogP contribution in [0.25, 0.3) is 22.3 Å². The van der Waals surface area contributed by atoms with Crippen LogP contribution in [0.4, 0.5) is 0 Å². The Kier molecular flexibility index (Phi) is 5.09. The average Bonchev–Trinajstić information content (AvgIpc) is 3.32. The summed E-state index contributed by atoms with van der Waals surface area (Å²) >= 11 is 1.37. The van der Waals surface area contributed by atoms with E-state index in [9.17, 15) is 10.1 Å². The molecule has 8 heteroatoms. The minimum atomic E-state index is -0.878. The van der Waals surface area contributed by atoms with Crippen LogP contribution in [-0.2, 0) is 4.79 Å². The molecule has 7 nitrogen and oxygen atoms in total. The van der Waals surface area contributed by atoms with Crippen LogP contribution < -0.4 is 5.32 Å². The van der Waals surface area contributed by atoms with Crippen LogP contribution in [0.5, 0.6) is 0 Å². The first-order valence-electron chi connectivity index (χ1n) is 9.79. The number of nitrogens with one attached hydrogen (secondary N) is 2. The van der Waals surface area contributed by atoms with Gasteiger partial charge < -0.3 is 10.3 Å². The molecule has 1 atom stereocenters. The number of nitrogens with zero attached hydrogens (tertiary/aromatic N) is 4. The van der Waals surface area contributed by atoms with Crippen molar-refractivity contribution in [3.8, 4) is 17.5 Å². The SMILES string of the molecule is CC(C)C(C)(C#N)NC(=O)CSc1nnc(-c2c[nH]c3ccccc23)n1C1CC1. The molecule has 0 saturated heterocycles. The van der Waals surface area contributed by atoms with E-state index in [1.165, 1.54) is 11.8 Å². The lowest BCUT2D eigenvalue weighted by molar-refractivity contribution is -0.120. The summed E-state index contributed by atoms with van der Waals surface area (Å²) in [4.78, 5) is 15.7. The van der Waals surface area contributed by atoms with Crippen LogP contribution in [0.15, 0.2) is 35.6 Å². The maximum absolute atomic E-state index is 12.5. The number of carbonyl (C=O) groups is 1. The minimum Gasteiger partial charge on any atom is -0.360 e. The fourth-order valence-corrected chi connectivity index (χ4v) is 4.04. The van der Waals surface area contributed by atoms with E-state index in [-0.39, 0.29) is 17.6 Å². The molecule has 29 heavy (non-hydrogen) atoms. The zero-order chi connectivity index (χ0) is 20.6. The number of rotatable bonds is 7.